The lowest BCUT2D eigenvalue weighted by molar-refractivity contribution is 0.589. The van der Waals surface area contributed by atoms with Crippen molar-refractivity contribution in [1.29, 1.82) is 0 Å². The molecule has 0 aliphatic carbocycles. The SMILES string of the molecule is CC(C)(C)c1ccc(CNCCCc2ccc(Cl)c(Cl)c2)cc1.Cl. The fraction of sp³-hybridized carbons (Fsp3) is 0.400. The van der Waals surface area contributed by atoms with Gasteiger partial charge in [0.05, 0.1) is 10.0 Å². The zero-order valence-electron chi connectivity index (χ0n) is 14.5. The third-order valence-electron chi connectivity index (χ3n) is 3.95. The summed E-state index contributed by atoms with van der Waals surface area (Å²) < 4.78 is 0. The van der Waals surface area contributed by atoms with Crippen molar-refractivity contribution < 1.29 is 0 Å². The van der Waals surface area contributed by atoms with Crippen molar-refractivity contribution in [1.82, 2.24) is 5.32 Å². The largest absolute Gasteiger partial charge is 0.313 e. The van der Waals surface area contributed by atoms with Gasteiger partial charge < -0.3 is 5.32 Å². The van der Waals surface area contributed by atoms with E-state index in [1.54, 1.807) is 0 Å². The smallest absolute Gasteiger partial charge is 0.0595 e. The van der Waals surface area contributed by atoms with Gasteiger partial charge in [0.25, 0.3) is 0 Å². The summed E-state index contributed by atoms with van der Waals surface area (Å²) in [6.07, 6.45) is 2.09. The van der Waals surface area contributed by atoms with E-state index in [0.717, 1.165) is 25.9 Å². The van der Waals surface area contributed by atoms with Gasteiger partial charge in [-0.2, -0.15) is 0 Å². The summed E-state index contributed by atoms with van der Waals surface area (Å²) in [6, 6.07) is 14.7. The predicted octanol–water partition coefficient (Wildman–Crippen LogP) is 6.44. The summed E-state index contributed by atoms with van der Waals surface area (Å²) in [4.78, 5) is 0. The van der Waals surface area contributed by atoms with Gasteiger partial charge in [-0.3, -0.25) is 0 Å². The molecular weight excluding hydrogens is 361 g/mol. The Morgan fingerprint density at radius 1 is 0.875 bits per heavy atom. The minimum atomic E-state index is 0. The second kappa shape index (κ2) is 9.68. The van der Waals surface area contributed by atoms with Crippen LogP contribution in [0, 0.1) is 0 Å². The Morgan fingerprint density at radius 3 is 2.08 bits per heavy atom. The molecule has 2 aromatic carbocycles. The summed E-state index contributed by atoms with van der Waals surface area (Å²) in [5, 5.41) is 4.75. The maximum absolute atomic E-state index is 6.03. The lowest BCUT2D eigenvalue weighted by Crippen LogP contribution is -2.16. The van der Waals surface area contributed by atoms with Crippen LogP contribution in [0.1, 0.15) is 43.9 Å². The molecule has 0 saturated carbocycles. The second-order valence-electron chi connectivity index (χ2n) is 6.98. The van der Waals surface area contributed by atoms with Gasteiger partial charge in [0.1, 0.15) is 0 Å². The first-order valence-electron chi connectivity index (χ1n) is 8.10. The lowest BCUT2D eigenvalue weighted by atomic mass is 9.87. The zero-order chi connectivity index (χ0) is 16.9. The molecule has 24 heavy (non-hydrogen) atoms. The highest BCUT2D eigenvalue weighted by molar-refractivity contribution is 6.42. The lowest BCUT2D eigenvalue weighted by Gasteiger charge is -2.19. The first kappa shape index (κ1) is 21.3. The van der Waals surface area contributed by atoms with Crippen molar-refractivity contribution in [3.8, 4) is 0 Å². The molecule has 0 saturated heterocycles. The van der Waals surface area contributed by atoms with Crippen LogP contribution in [-0.2, 0) is 18.4 Å². The standard InChI is InChI=1S/C20H25Cl2N.ClH/c1-20(2,3)17-9-6-16(7-10-17)14-23-12-4-5-15-8-11-18(21)19(22)13-15;/h6-11,13,23H,4-5,12,14H2,1-3H3;1H. The predicted molar refractivity (Wildman–Crippen MR) is 109 cm³/mol. The summed E-state index contributed by atoms with van der Waals surface area (Å²) in [7, 11) is 0. The van der Waals surface area contributed by atoms with Gasteiger partial charge in [-0.05, 0) is 53.6 Å². The van der Waals surface area contributed by atoms with E-state index in [1.165, 1.54) is 16.7 Å². The van der Waals surface area contributed by atoms with Gasteiger partial charge in [-0.1, -0.05) is 74.3 Å². The van der Waals surface area contributed by atoms with E-state index in [4.69, 9.17) is 23.2 Å². The molecule has 0 aliphatic rings. The number of hydrogen-bond acceptors (Lipinski definition) is 1. The molecule has 0 amide bonds. The molecule has 0 bridgehead atoms. The van der Waals surface area contributed by atoms with E-state index in [2.05, 4.69) is 50.4 Å². The Balaban J connectivity index is 0.00000288. The minimum Gasteiger partial charge on any atom is -0.313 e. The van der Waals surface area contributed by atoms with E-state index in [1.807, 2.05) is 18.2 Å². The number of benzene rings is 2. The van der Waals surface area contributed by atoms with E-state index < -0.39 is 0 Å². The number of nitrogens with one attached hydrogen (secondary N) is 1. The van der Waals surface area contributed by atoms with Gasteiger partial charge >= 0.3 is 0 Å². The first-order valence-corrected chi connectivity index (χ1v) is 8.86. The van der Waals surface area contributed by atoms with Crippen molar-refractivity contribution in [2.45, 2.75) is 45.6 Å². The summed E-state index contributed by atoms with van der Waals surface area (Å²) >= 11 is 12.0. The van der Waals surface area contributed by atoms with Gasteiger partial charge in [0, 0.05) is 6.54 Å². The topological polar surface area (TPSA) is 12.0 Å². The maximum atomic E-state index is 6.03. The molecule has 2 rings (SSSR count). The van der Waals surface area contributed by atoms with Crippen molar-refractivity contribution in [2.24, 2.45) is 0 Å². The van der Waals surface area contributed by atoms with Crippen LogP contribution in [0.5, 0.6) is 0 Å². The van der Waals surface area contributed by atoms with E-state index in [9.17, 15) is 0 Å². The van der Waals surface area contributed by atoms with Crippen LogP contribution in [0.3, 0.4) is 0 Å². The second-order valence-corrected chi connectivity index (χ2v) is 7.79. The highest BCUT2D eigenvalue weighted by Crippen LogP contribution is 2.23. The highest BCUT2D eigenvalue weighted by Gasteiger charge is 2.12. The Morgan fingerprint density at radius 2 is 1.50 bits per heavy atom. The van der Waals surface area contributed by atoms with Crippen LogP contribution in [0.15, 0.2) is 42.5 Å². The van der Waals surface area contributed by atoms with E-state index in [-0.39, 0.29) is 17.8 Å². The average molecular weight is 387 g/mol. The molecule has 0 aromatic heterocycles. The third kappa shape index (κ3) is 6.64. The molecule has 0 atom stereocenters. The van der Waals surface area contributed by atoms with Crippen LogP contribution < -0.4 is 5.32 Å². The fourth-order valence-electron chi connectivity index (χ4n) is 2.47. The molecule has 0 heterocycles. The van der Waals surface area contributed by atoms with Gasteiger partial charge in [-0.15, -0.1) is 12.4 Å². The molecular formula is C20H26Cl3N. The van der Waals surface area contributed by atoms with Gasteiger partial charge in [0.15, 0.2) is 0 Å². The molecule has 1 nitrogen and oxygen atoms in total. The fourth-order valence-corrected chi connectivity index (χ4v) is 2.79. The third-order valence-corrected chi connectivity index (χ3v) is 4.69. The molecule has 0 radical (unpaired) electrons. The van der Waals surface area contributed by atoms with Crippen molar-refractivity contribution in [2.75, 3.05) is 6.54 Å². The van der Waals surface area contributed by atoms with Crippen LogP contribution >= 0.6 is 35.6 Å². The van der Waals surface area contributed by atoms with E-state index in [0.29, 0.717) is 10.0 Å². The Labute approximate surface area is 162 Å². The molecule has 0 aliphatic heterocycles. The number of rotatable bonds is 6. The normalized spacial score (nSPS) is 11.2. The molecule has 1 N–H and O–H groups in total. The molecule has 2 aromatic rings. The monoisotopic (exact) mass is 385 g/mol. The van der Waals surface area contributed by atoms with Gasteiger partial charge in [-0.25, -0.2) is 0 Å². The first-order chi connectivity index (χ1) is 10.9. The van der Waals surface area contributed by atoms with Crippen LogP contribution in [0.2, 0.25) is 10.0 Å². The molecule has 132 valence electrons. The zero-order valence-corrected chi connectivity index (χ0v) is 16.9. The summed E-state index contributed by atoms with van der Waals surface area (Å²) in [6.45, 7) is 8.61. The number of aryl methyl sites for hydroxylation is 1. The average Bonchev–Trinajstić information content (AvgIpc) is 2.50. The van der Waals surface area contributed by atoms with Crippen molar-refractivity contribution in [3.05, 3.63) is 69.2 Å². The molecule has 4 heteroatoms. The Hall–Kier alpha value is -0.730. The van der Waals surface area contributed by atoms with Crippen molar-refractivity contribution >= 4 is 35.6 Å². The van der Waals surface area contributed by atoms with Crippen molar-refractivity contribution in [3.63, 3.8) is 0 Å². The Bertz CT molecular complexity index is 630. The minimum absolute atomic E-state index is 0. The molecule has 0 spiro atoms. The van der Waals surface area contributed by atoms with Crippen LogP contribution in [0.4, 0.5) is 0 Å². The summed E-state index contributed by atoms with van der Waals surface area (Å²) in [5.41, 5.74) is 4.15. The highest BCUT2D eigenvalue weighted by atomic mass is 35.5. The molecule has 0 unspecified atom stereocenters. The quantitative estimate of drug-likeness (QED) is 0.564. The van der Waals surface area contributed by atoms with Gasteiger partial charge in [0.2, 0.25) is 0 Å². The maximum Gasteiger partial charge on any atom is 0.0595 e. The summed E-state index contributed by atoms with van der Waals surface area (Å²) in [5.74, 6) is 0. The van der Waals surface area contributed by atoms with E-state index >= 15 is 0 Å². The number of halogens is 3. The van der Waals surface area contributed by atoms with Crippen LogP contribution in [0.25, 0.3) is 0 Å². The Kier molecular flexibility index (Phi) is 8.59. The number of hydrogen-bond donors (Lipinski definition) is 1. The molecule has 0 fully saturated rings. The van der Waals surface area contributed by atoms with Crippen LogP contribution in [-0.4, -0.2) is 6.54 Å².